The van der Waals surface area contributed by atoms with Crippen molar-refractivity contribution in [2.24, 2.45) is 0 Å². The SMILES string of the molecule is Cc1ccccc1CC(O)c1ccsc1C. The lowest BCUT2D eigenvalue weighted by Crippen LogP contribution is -2.03. The first-order chi connectivity index (χ1) is 7.68. The number of rotatable bonds is 3. The van der Waals surface area contributed by atoms with Gasteiger partial charge in [-0.3, -0.25) is 0 Å². The molecule has 1 aromatic carbocycles. The van der Waals surface area contributed by atoms with E-state index in [9.17, 15) is 5.11 Å². The van der Waals surface area contributed by atoms with Crippen LogP contribution in [0.25, 0.3) is 0 Å². The van der Waals surface area contributed by atoms with Gasteiger partial charge in [0.25, 0.3) is 0 Å². The van der Waals surface area contributed by atoms with Gasteiger partial charge >= 0.3 is 0 Å². The Labute approximate surface area is 100 Å². The van der Waals surface area contributed by atoms with E-state index in [-0.39, 0.29) is 6.10 Å². The van der Waals surface area contributed by atoms with Crippen molar-refractivity contribution in [3.63, 3.8) is 0 Å². The Kier molecular flexibility index (Phi) is 3.42. The van der Waals surface area contributed by atoms with Crippen LogP contribution >= 0.6 is 11.3 Å². The van der Waals surface area contributed by atoms with Crippen molar-refractivity contribution >= 4 is 11.3 Å². The molecule has 2 aromatic rings. The molecule has 0 fully saturated rings. The number of benzene rings is 1. The lowest BCUT2D eigenvalue weighted by atomic mass is 9.99. The van der Waals surface area contributed by atoms with Gasteiger partial charge in [0.1, 0.15) is 0 Å². The molecule has 0 amide bonds. The first-order valence-corrected chi connectivity index (χ1v) is 6.33. The van der Waals surface area contributed by atoms with Crippen molar-refractivity contribution in [3.8, 4) is 0 Å². The van der Waals surface area contributed by atoms with Gasteiger partial charge in [0.2, 0.25) is 0 Å². The number of thiophene rings is 1. The van der Waals surface area contributed by atoms with Crippen LogP contribution in [0.4, 0.5) is 0 Å². The highest BCUT2D eigenvalue weighted by Crippen LogP contribution is 2.26. The second-order valence-corrected chi connectivity index (χ2v) is 5.20. The van der Waals surface area contributed by atoms with E-state index in [2.05, 4.69) is 26.0 Å². The zero-order valence-electron chi connectivity index (χ0n) is 9.60. The summed E-state index contributed by atoms with van der Waals surface area (Å²) in [7, 11) is 0. The summed E-state index contributed by atoms with van der Waals surface area (Å²) in [5.41, 5.74) is 3.53. The first-order valence-electron chi connectivity index (χ1n) is 5.45. The quantitative estimate of drug-likeness (QED) is 0.856. The number of hydrogen-bond donors (Lipinski definition) is 1. The topological polar surface area (TPSA) is 20.2 Å². The third kappa shape index (κ3) is 2.34. The molecule has 0 radical (unpaired) electrons. The molecule has 2 rings (SSSR count). The van der Waals surface area contributed by atoms with Crippen molar-refractivity contribution in [2.45, 2.75) is 26.4 Å². The molecule has 0 spiro atoms. The molecule has 0 aliphatic heterocycles. The molecule has 1 nitrogen and oxygen atoms in total. The van der Waals surface area contributed by atoms with Crippen LogP contribution in [0.2, 0.25) is 0 Å². The molecular weight excluding hydrogens is 216 g/mol. The third-order valence-electron chi connectivity index (χ3n) is 2.93. The van der Waals surface area contributed by atoms with E-state index >= 15 is 0 Å². The Morgan fingerprint density at radius 3 is 2.56 bits per heavy atom. The van der Waals surface area contributed by atoms with Gasteiger partial charge in [0, 0.05) is 11.3 Å². The lowest BCUT2D eigenvalue weighted by Gasteiger charge is -2.12. The summed E-state index contributed by atoms with van der Waals surface area (Å²) >= 11 is 1.69. The lowest BCUT2D eigenvalue weighted by molar-refractivity contribution is 0.178. The summed E-state index contributed by atoms with van der Waals surface area (Å²) in [5.74, 6) is 0. The van der Waals surface area contributed by atoms with Crippen molar-refractivity contribution in [2.75, 3.05) is 0 Å². The fourth-order valence-electron chi connectivity index (χ4n) is 1.90. The van der Waals surface area contributed by atoms with Crippen LogP contribution < -0.4 is 0 Å². The largest absolute Gasteiger partial charge is 0.388 e. The Bertz CT molecular complexity index is 473. The molecule has 2 heteroatoms. The van der Waals surface area contributed by atoms with Crippen molar-refractivity contribution < 1.29 is 5.11 Å². The third-order valence-corrected chi connectivity index (χ3v) is 3.79. The highest BCUT2D eigenvalue weighted by Gasteiger charge is 2.12. The molecule has 1 N–H and O–H groups in total. The first kappa shape index (κ1) is 11.4. The van der Waals surface area contributed by atoms with Crippen LogP contribution in [-0.4, -0.2) is 5.11 Å². The molecule has 1 heterocycles. The van der Waals surface area contributed by atoms with E-state index in [0.29, 0.717) is 6.42 Å². The number of hydrogen-bond acceptors (Lipinski definition) is 2. The minimum absolute atomic E-state index is 0.382. The molecule has 1 atom stereocenters. The molecular formula is C14H16OS. The fourth-order valence-corrected chi connectivity index (χ4v) is 2.66. The van der Waals surface area contributed by atoms with Crippen LogP contribution in [0.3, 0.4) is 0 Å². The Morgan fingerprint density at radius 2 is 1.94 bits per heavy atom. The van der Waals surface area contributed by atoms with Crippen molar-refractivity contribution in [1.29, 1.82) is 0 Å². The zero-order chi connectivity index (χ0) is 11.5. The second-order valence-electron chi connectivity index (χ2n) is 4.08. The highest BCUT2D eigenvalue weighted by molar-refractivity contribution is 7.10. The summed E-state index contributed by atoms with van der Waals surface area (Å²) in [6.07, 6.45) is 0.317. The molecule has 0 aliphatic rings. The monoisotopic (exact) mass is 232 g/mol. The van der Waals surface area contributed by atoms with Crippen LogP contribution in [-0.2, 0) is 6.42 Å². The maximum absolute atomic E-state index is 10.2. The van der Waals surface area contributed by atoms with E-state index in [1.807, 2.05) is 23.6 Å². The number of aryl methyl sites for hydroxylation is 2. The molecule has 0 aliphatic carbocycles. The smallest absolute Gasteiger partial charge is 0.0841 e. The normalized spacial score (nSPS) is 12.7. The fraction of sp³-hybridized carbons (Fsp3) is 0.286. The summed E-state index contributed by atoms with van der Waals surface area (Å²) in [6.45, 7) is 4.14. The molecule has 1 unspecified atom stereocenters. The maximum Gasteiger partial charge on any atom is 0.0841 e. The van der Waals surface area contributed by atoms with Gasteiger partial charge in [-0.15, -0.1) is 11.3 Å². The van der Waals surface area contributed by atoms with Crippen molar-refractivity contribution in [1.82, 2.24) is 0 Å². The number of aliphatic hydroxyl groups excluding tert-OH is 1. The predicted molar refractivity (Wildman–Crippen MR) is 68.9 cm³/mol. The Hall–Kier alpha value is -1.12. The van der Waals surface area contributed by atoms with E-state index in [0.717, 1.165) is 5.56 Å². The van der Waals surface area contributed by atoms with E-state index in [1.165, 1.54) is 16.0 Å². The molecule has 0 saturated carbocycles. The van der Waals surface area contributed by atoms with Crippen molar-refractivity contribution in [3.05, 3.63) is 57.3 Å². The summed E-state index contributed by atoms with van der Waals surface area (Å²) in [4.78, 5) is 1.21. The van der Waals surface area contributed by atoms with Crippen LogP contribution in [0.5, 0.6) is 0 Å². The Balaban J connectivity index is 2.17. The van der Waals surface area contributed by atoms with Crippen LogP contribution in [0.15, 0.2) is 35.7 Å². The predicted octanol–water partition coefficient (Wildman–Crippen LogP) is 3.64. The average Bonchev–Trinajstić information content (AvgIpc) is 2.68. The summed E-state index contributed by atoms with van der Waals surface area (Å²) in [6, 6.07) is 10.2. The van der Waals surface area contributed by atoms with Gasteiger partial charge in [-0.1, -0.05) is 24.3 Å². The van der Waals surface area contributed by atoms with Gasteiger partial charge in [-0.2, -0.15) is 0 Å². The van der Waals surface area contributed by atoms with E-state index in [1.54, 1.807) is 11.3 Å². The molecule has 0 saturated heterocycles. The standard InChI is InChI=1S/C14H16OS/c1-10-5-3-4-6-12(10)9-14(15)13-7-8-16-11(13)2/h3-8,14-15H,9H2,1-2H3. The molecule has 16 heavy (non-hydrogen) atoms. The van der Waals surface area contributed by atoms with Crippen LogP contribution in [0.1, 0.15) is 27.7 Å². The summed E-state index contributed by atoms with van der Waals surface area (Å²) in [5, 5.41) is 12.2. The summed E-state index contributed by atoms with van der Waals surface area (Å²) < 4.78 is 0. The molecule has 0 bridgehead atoms. The van der Waals surface area contributed by atoms with E-state index < -0.39 is 0 Å². The molecule has 84 valence electrons. The van der Waals surface area contributed by atoms with Crippen LogP contribution in [0, 0.1) is 13.8 Å². The minimum Gasteiger partial charge on any atom is -0.388 e. The molecule has 1 aromatic heterocycles. The van der Waals surface area contributed by atoms with Gasteiger partial charge < -0.3 is 5.11 Å². The Morgan fingerprint density at radius 1 is 1.19 bits per heavy atom. The van der Waals surface area contributed by atoms with Gasteiger partial charge in [-0.05, 0) is 42.0 Å². The maximum atomic E-state index is 10.2. The minimum atomic E-state index is -0.382. The van der Waals surface area contributed by atoms with Gasteiger partial charge in [-0.25, -0.2) is 0 Å². The zero-order valence-corrected chi connectivity index (χ0v) is 10.4. The second kappa shape index (κ2) is 4.81. The van der Waals surface area contributed by atoms with Gasteiger partial charge in [0.15, 0.2) is 0 Å². The van der Waals surface area contributed by atoms with Gasteiger partial charge in [0.05, 0.1) is 6.10 Å². The van der Waals surface area contributed by atoms with E-state index in [4.69, 9.17) is 0 Å². The number of aliphatic hydroxyl groups is 1. The highest BCUT2D eigenvalue weighted by atomic mass is 32.1. The average molecular weight is 232 g/mol.